The molecule has 0 aliphatic carbocycles. The van der Waals surface area contributed by atoms with Crippen molar-refractivity contribution in [3.8, 4) is 0 Å². The minimum atomic E-state index is -0.424. The highest BCUT2D eigenvalue weighted by molar-refractivity contribution is 5.98. The molecule has 0 saturated carbocycles. The normalized spacial score (nSPS) is 19.2. The molecule has 3 rings (SSSR count). The van der Waals surface area contributed by atoms with Gasteiger partial charge in [0.15, 0.2) is 0 Å². The number of nitrogens with one attached hydrogen (secondary N) is 3. The van der Waals surface area contributed by atoms with Crippen molar-refractivity contribution >= 4 is 35.9 Å². The Bertz CT molecular complexity index is 1050. The maximum atomic E-state index is 13.2. The van der Waals surface area contributed by atoms with Crippen LogP contribution < -0.4 is 16.0 Å². The van der Waals surface area contributed by atoms with E-state index < -0.39 is 6.03 Å². The average Bonchev–Trinajstić information content (AvgIpc) is 3.37. The van der Waals surface area contributed by atoms with Gasteiger partial charge < -0.3 is 10.6 Å². The molecule has 0 aromatic carbocycles. The van der Waals surface area contributed by atoms with Crippen LogP contribution in [0.5, 0.6) is 0 Å². The van der Waals surface area contributed by atoms with Crippen LogP contribution in [0.15, 0.2) is 11.9 Å². The number of rotatable bonds is 14. The SMILES string of the molecule is CC=C1NC(=O)N(CCCCCCNC(=O)N2CCCCCC2=O)C(=O)N1CCCCCCNC(=O)N1CCCCCC1=O. The lowest BCUT2D eigenvalue weighted by Gasteiger charge is -2.36. The molecule has 3 aliphatic heterocycles. The first kappa shape index (κ1) is 34.8. The second kappa shape index (κ2) is 18.9. The van der Waals surface area contributed by atoms with Gasteiger partial charge in [-0.1, -0.05) is 38.5 Å². The third-order valence-corrected chi connectivity index (χ3v) is 8.31. The number of urea groups is 4. The molecule has 3 fully saturated rings. The Morgan fingerprint density at radius 3 is 1.64 bits per heavy atom. The standard InChI is InChI=1S/C31H51N7O6/c1-2-25-34-30(43)38(24-14-6-4-12-20-33-29(42)37-23-16-8-10-18-27(37)40)31(44)35(25)21-13-5-3-11-19-32-28(41)36-22-15-7-9-17-26(36)39/h2H,3-24H2,1H3,(H,32,41)(H,33,42)(H,34,43). The van der Waals surface area contributed by atoms with Crippen LogP contribution >= 0.6 is 0 Å². The van der Waals surface area contributed by atoms with Crippen LogP contribution in [0.25, 0.3) is 0 Å². The fraction of sp³-hybridized carbons (Fsp3) is 0.742. The summed E-state index contributed by atoms with van der Waals surface area (Å²) in [5.74, 6) is 0.281. The van der Waals surface area contributed by atoms with Crippen molar-refractivity contribution in [1.82, 2.24) is 35.6 Å². The molecule has 13 nitrogen and oxygen atoms in total. The van der Waals surface area contributed by atoms with Gasteiger partial charge in [0.05, 0.1) is 0 Å². The Morgan fingerprint density at radius 1 is 0.659 bits per heavy atom. The van der Waals surface area contributed by atoms with Gasteiger partial charge in [-0.15, -0.1) is 0 Å². The minimum absolute atomic E-state index is 0.101. The Hall–Kier alpha value is -3.64. The predicted molar refractivity (Wildman–Crippen MR) is 165 cm³/mol. The van der Waals surface area contributed by atoms with E-state index in [2.05, 4.69) is 16.0 Å². The lowest BCUT2D eigenvalue weighted by atomic mass is 10.1. The van der Waals surface area contributed by atoms with E-state index in [0.29, 0.717) is 64.4 Å². The van der Waals surface area contributed by atoms with Crippen molar-refractivity contribution in [1.29, 1.82) is 0 Å². The van der Waals surface area contributed by atoms with Gasteiger partial charge in [-0.25, -0.2) is 24.1 Å². The largest absolute Gasteiger partial charge is 0.338 e. The summed E-state index contributed by atoms with van der Waals surface area (Å²) in [5, 5.41) is 8.50. The number of carbonyl (C=O) groups excluding carboxylic acids is 6. The molecular weight excluding hydrogens is 566 g/mol. The molecule has 3 heterocycles. The lowest BCUT2D eigenvalue weighted by molar-refractivity contribution is -0.128. The maximum Gasteiger partial charge on any atom is 0.333 e. The third-order valence-electron chi connectivity index (χ3n) is 8.31. The monoisotopic (exact) mass is 617 g/mol. The van der Waals surface area contributed by atoms with Gasteiger partial charge in [-0.3, -0.25) is 29.6 Å². The molecule has 0 aromatic rings. The van der Waals surface area contributed by atoms with Crippen molar-refractivity contribution in [2.45, 2.75) is 110 Å². The van der Waals surface area contributed by atoms with Crippen LogP contribution in [0.4, 0.5) is 19.2 Å². The molecule has 246 valence electrons. The molecule has 0 spiro atoms. The minimum Gasteiger partial charge on any atom is -0.338 e. The highest BCUT2D eigenvalue weighted by Gasteiger charge is 2.34. The Morgan fingerprint density at radius 2 is 1.14 bits per heavy atom. The molecule has 3 saturated heterocycles. The quantitative estimate of drug-likeness (QED) is 0.242. The average molecular weight is 618 g/mol. The second-order valence-corrected chi connectivity index (χ2v) is 11.7. The molecule has 0 aromatic heterocycles. The molecular formula is C31H51N7O6. The number of hydrogen-bond acceptors (Lipinski definition) is 6. The Balaban J connectivity index is 1.29. The first-order valence-corrected chi connectivity index (χ1v) is 16.6. The number of likely N-dealkylation sites (tertiary alicyclic amines) is 2. The lowest BCUT2D eigenvalue weighted by Crippen LogP contribution is -2.58. The summed E-state index contributed by atoms with van der Waals surface area (Å²) in [5.41, 5.74) is 0. The second-order valence-electron chi connectivity index (χ2n) is 11.7. The Labute approximate surface area is 261 Å². The van der Waals surface area contributed by atoms with Gasteiger partial charge >= 0.3 is 24.1 Å². The Kier molecular flexibility index (Phi) is 15.0. The molecule has 3 aliphatic rings. The van der Waals surface area contributed by atoms with Gasteiger partial charge in [-0.05, 0) is 64.4 Å². The van der Waals surface area contributed by atoms with E-state index in [0.717, 1.165) is 83.5 Å². The first-order chi connectivity index (χ1) is 21.3. The van der Waals surface area contributed by atoms with Gasteiger partial charge in [0, 0.05) is 52.1 Å². The van der Waals surface area contributed by atoms with Crippen LogP contribution in [0.3, 0.4) is 0 Å². The van der Waals surface area contributed by atoms with E-state index in [1.807, 2.05) is 0 Å². The molecule has 0 unspecified atom stereocenters. The predicted octanol–water partition coefficient (Wildman–Crippen LogP) is 4.64. The summed E-state index contributed by atoms with van der Waals surface area (Å²) in [4.78, 5) is 80.1. The summed E-state index contributed by atoms with van der Waals surface area (Å²) in [6, 6.07) is -1.38. The highest BCUT2D eigenvalue weighted by atomic mass is 16.2. The smallest absolute Gasteiger partial charge is 0.333 e. The summed E-state index contributed by atoms with van der Waals surface area (Å²) in [6.07, 6.45) is 14.2. The van der Waals surface area contributed by atoms with E-state index in [4.69, 9.17) is 0 Å². The van der Waals surface area contributed by atoms with E-state index in [9.17, 15) is 28.8 Å². The van der Waals surface area contributed by atoms with Gasteiger partial charge in [0.1, 0.15) is 5.82 Å². The maximum absolute atomic E-state index is 13.2. The van der Waals surface area contributed by atoms with Crippen LogP contribution in [-0.4, -0.2) is 94.8 Å². The molecule has 3 N–H and O–H groups in total. The van der Waals surface area contributed by atoms with Crippen molar-refractivity contribution in [2.75, 3.05) is 39.3 Å². The zero-order valence-electron chi connectivity index (χ0n) is 26.4. The fourth-order valence-corrected chi connectivity index (χ4v) is 5.69. The summed E-state index contributed by atoms with van der Waals surface area (Å²) in [6.45, 7) is 4.51. The fourth-order valence-electron chi connectivity index (χ4n) is 5.69. The summed E-state index contributed by atoms with van der Waals surface area (Å²) < 4.78 is 0. The molecule has 0 radical (unpaired) electrons. The number of carbonyl (C=O) groups is 6. The van der Waals surface area contributed by atoms with E-state index >= 15 is 0 Å². The topological polar surface area (TPSA) is 151 Å². The van der Waals surface area contributed by atoms with E-state index in [1.165, 1.54) is 14.7 Å². The van der Waals surface area contributed by atoms with Crippen LogP contribution in [0.2, 0.25) is 0 Å². The number of imide groups is 3. The molecule has 0 atom stereocenters. The number of amides is 10. The van der Waals surface area contributed by atoms with E-state index in [-0.39, 0.29) is 29.9 Å². The van der Waals surface area contributed by atoms with Crippen molar-refractivity contribution in [2.24, 2.45) is 0 Å². The van der Waals surface area contributed by atoms with Gasteiger partial charge in [0.25, 0.3) is 0 Å². The van der Waals surface area contributed by atoms with Crippen LogP contribution in [-0.2, 0) is 9.59 Å². The summed E-state index contributed by atoms with van der Waals surface area (Å²) in [7, 11) is 0. The zero-order chi connectivity index (χ0) is 31.7. The molecule has 44 heavy (non-hydrogen) atoms. The van der Waals surface area contributed by atoms with Crippen molar-refractivity contribution in [3.63, 3.8) is 0 Å². The first-order valence-electron chi connectivity index (χ1n) is 16.6. The third kappa shape index (κ3) is 10.8. The number of hydrogen-bond donors (Lipinski definition) is 3. The molecule has 0 bridgehead atoms. The van der Waals surface area contributed by atoms with Crippen LogP contribution in [0, 0.1) is 0 Å². The van der Waals surface area contributed by atoms with Gasteiger partial charge in [-0.2, -0.15) is 0 Å². The zero-order valence-corrected chi connectivity index (χ0v) is 26.4. The van der Waals surface area contributed by atoms with Crippen molar-refractivity contribution < 1.29 is 28.8 Å². The highest BCUT2D eigenvalue weighted by Crippen LogP contribution is 2.17. The van der Waals surface area contributed by atoms with Gasteiger partial charge in [0.2, 0.25) is 11.8 Å². The molecule has 10 amide bonds. The number of allylic oxidation sites excluding steroid dienone is 1. The van der Waals surface area contributed by atoms with Crippen LogP contribution in [0.1, 0.15) is 110 Å². The number of nitrogens with zero attached hydrogens (tertiary/aromatic N) is 4. The van der Waals surface area contributed by atoms with E-state index in [1.54, 1.807) is 17.9 Å². The molecule has 13 heteroatoms. The number of unbranched alkanes of at least 4 members (excludes halogenated alkanes) is 6. The summed E-state index contributed by atoms with van der Waals surface area (Å²) >= 11 is 0. The van der Waals surface area contributed by atoms with Crippen molar-refractivity contribution in [3.05, 3.63) is 11.9 Å².